The van der Waals surface area contributed by atoms with Crippen LogP contribution in [-0.4, -0.2) is 28.6 Å². The molecular weight excluding hydrogens is 260 g/mol. The molecule has 0 bridgehead atoms. The number of aromatic nitrogens is 2. The number of methoxy groups -OCH3 is 1. The molecule has 0 aliphatic heterocycles. The van der Waals surface area contributed by atoms with Gasteiger partial charge in [0.05, 0.1) is 35.6 Å². The highest BCUT2D eigenvalue weighted by Gasteiger charge is 2.30. The van der Waals surface area contributed by atoms with Gasteiger partial charge in [0.1, 0.15) is 0 Å². The Balaban J connectivity index is 2.23. The molecule has 1 aliphatic rings. The van der Waals surface area contributed by atoms with E-state index in [0.29, 0.717) is 19.1 Å². The molecule has 1 saturated carbocycles. The van der Waals surface area contributed by atoms with Crippen molar-refractivity contribution in [3.63, 3.8) is 0 Å². The quantitative estimate of drug-likeness (QED) is 0.889. The molecule has 1 aliphatic carbocycles. The highest BCUT2D eigenvalue weighted by molar-refractivity contribution is 9.10. The third-order valence-electron chi connectivity index (χ3n) is 2.64. The summed E-state index contributed by atoms with van der Waals surface area (Å²) in [5.41, 5.74) is 1.95. The number of hydrogen-bond donors (Lipinski definition) is 1. The van der Waals surface area contributed by atoms with E-state index in [0.717, 1.165) is 15.9 Å². The van der Waals surface area contributed by atoms with Gasteiger partial charge in [-0.2, -0.15) is 5.10 Å². The Kier molecular flexibility index (Phi) is 3.43. The molecule has 0 saturated heterocycles. The van der Waals surface area contributed by atoms with Crippen LogP contribution in [0.1, 0.15) is 30.1 Å². The Morgan fingerprint density at radius 1 is 1.60 bits per heavy atom. The van der Waals surface area contributed by atoms with Gasteiger partial charge in [0.25, 0.3) is 0 Å². The Morgan fingerprint density at radius 3 is 2.87 bits per heavy atom. The van der Waals surface area contributed by atoms with Gasteiger partial charge in [0.2, 0.25) is 0 Å². The van der Waals surface area contributed by atoms with Crippen LogP contribution in [0.2, 0.25) is 0 Å². The summed E-state index contributed by atoms with van der Waals surface area (Å²) in [5, 5.41) is 13.8. The maximum Gasteiger partial charge on any atom is 0.0861 e. The molecule has 2 rings (SSSR count). The zero-order chi connectivity index (χ0) is 10.8. The van der Waals surface area contributed by atoms with Crippen LogP contribution in [-0.2, 0) is 17.9 Å². The SMILES string of the molecule is COCCn1nc(C2CC2)c(Br)c1CO. The molecule has 1 heterocycles. The van der Waals surface area contributed by atoms with Crippen LogP contribution in [0.4, 0.5) is 0 Å². The van der Waals surface area contributed by atoms with Crippen molar-refractivity contribution < 1.29 is 9.84 Å². The zero-order valence-corrected chi connectivity index (χ0v) is 10.3. The van der Waals surface area contributed by atoms with Crippen molar-refractivity contribution >= 4 is 15.9 Å². The summed E-state index contributed by atoms with van der Waals surface area (Å²) in [5.74, 6) is 0.591. The van der Waals surface area contributed by atoms with Crippen molar-refractivity contribution in [3.8, 4) is 0 Å². The number of nitrogens with zero attached hydrogens (tertiary/aromatic N) is 2. The van der Waals surface area contributed by atoms with Crippen molar-refractivity contribution in [3.05, 3.63) is 15.9 Å². The third-order valence-corrected chi connectivity index (χ3v) is 3.50. The van der Waals surface area contributed by atoms with E-state index >= 15 is 0 Å². The van der Waals surface area contributed by atoms with Crippen molar-refractivity contribution in [1.82, 2.24) is 9.78 Å². The molecule has 84 valence electrons. The van der Waals surface area contributed by atoms with Gasteiger partial charge in [-0.25, -0.2) is 0 Å². The molecular formula is C10H15BrN2O2. The molecule has 0 unspecified atom stereocenters. The second kappa shape index (κ2) is 4.63. The molecule has 5 heteroatoms. The maximum absolute atomic E-state index is 9.28. The van der Waals surface area contributed by atoms with E-state index in [4.69, 9.17) is 4.74 Å². The topological polar surface area (TPSA) is 47.3 Å². The zero-order valence-electron chi connectivity index (χ0n) is 8.74. The van der Waals surface area contributed by atoms with Crippen LogP contribution in [0, 0.1) is 0 Å². The summed E-state index contributed by atoms with van der Waals surface area (Å²) in [6, 6.07) is 0. The average molecular weight is 275 g/mol. The minimum Gasteiger partial charge on any atom is -0.390 e. The Morgan fingerprint density at radius 2 is 2.33 bits per heavy atom. The first-order chi connectivity index (χ1) is 7.27. The largest absolute Gasteiger partial charge is 0.390 e. The van der Waals surface area contributed by atoms with E-state index in [1.165, 1.54) is 12.8 Å². The summed E-state index contributed by atoms with van der Waals surface area (Å²) in [6.07, 6.45) is 2.43. The minimum absolute atomic E-state index is 0.0179. The summed E-state index contributed by atoms with van der Waals surface area (Å²) in [6.45, 7) is 1.33. The lowest BCUT2D eigenvalue weighted by Gasteiger charge is -2.04. The fourth-order valence-electron chi connectivity index (χ4n) is 1.63. The number of aliphatic hydroxyl groups excluding tert-OH is 1. The average Bonchev–Trinajstić information content (AvgIpc) is 3.01. The summed E-state index contributed by atoms with van der Waals surface area (Å²) < 4.78 is 7.82. The van der Waals surface area contributed by atoms with E-state index in [-0.39, 0.29) is 6.61 Å². The van der Waals surface area contributed by atoms with Crippen LogP contribution < -0.4 is 0 Å². The van der Waals surface area contributed by atoms with Gasteiger partial charge >= 0.3 is 0 Å². The van der Waals surface area contributed by atoms with E-state index < -0.39 is 0 Å². The molecule has 1 fully saturated rings. The number of rotatable bonds is 5. The lowest BCUT2D eigenvalue weighted by atomic mass is 10.3. The van der Waals surface area contributed by atoms with Crippen LogP contribution >= 0.6 is 15.9 Å². The molecule has 0 atom stereocenters. The second-order valence-electron chi connectivity index (χ2n) is 3.79. The molecule has 4 nitrogen and oxygen atoms in total. The van der Waals surface area contributed by atoms with Crippen molar-refractivity contribution in [2.24, 2.45) is 0 Å². The normalized spacial score (nSPS) is 15.9. The van der Waals surface area contributed by atoms with E-state index in [9.17, 15) is 5.11 Å². The third kappa shape index (κ3) is 2.24. The number of ether oxygens (including phenoxy) is 1. The van der Waals surface area contributed by atoms with Crippen LogP contribution in [0.25, 0.3) is 0 Å². The Bertz CT molecular complexity index is 347. The van der Waals surface area contributed by atoms with Crippen molar-refractivity contribution in [2.75, 3.05) is 13.7 Å². The van der Waals surface area contributed by atoms with Gasteiger partial charge in [0, 0.05) is 13.0 Å². The summed E-state index contributed by atoms with van der Waals surface area (Å²) in [7, 11) is 1.67. The Labute approximate surface area is 97.4 Å². The highest BCUT2D eigenvalue weighted by atomic mass is 79.9. The van der Waals surface area contributed by atoms with Crippen molar-refractivity contribution in [1.29, 1.82) is 0 Å². The maximum atomic E-state index is 9.28. The van der Waals surface area contributed by atoms with E-state index in [2.05, 4.69) is 21.0 Å². The number of halogens is 1. The first-order valence-electron chi connectivity index (χ1n) is 5.12. The molecule has 1 aromatic heterocycles. The van der Waals surface area contributed by atoms with Crippen LogP contribution in [0.5, 0.6) is 0 Å². The first-order valence-corrected chi connectivity index (χ1v) is 5.92. The molecule has 0 spiro atoms. The van der Waals surface area contributed by atoms with E-state index in [1.807, 2.05) is 4.68 Å². The lowest BCUT2D eigenvalue weighted by molar-refractivity contribution is 0.178. The van der Waals surface area contributed by atoms with Gasteiger partial charge < -0.3 is 9.84 Å². The monoisotopic (exact) mass is 274 g/mol. The predicted molar refractivity (Wildman–Crippen MR) is 59.7 cm³/mol. The second-order valence-corrected chi connectivity index (χ2v) is 4.59. The molecule has 1 aromatic rings. The van der Waals surface area contributed by atoms with Crippen LogP contribution in [0.3, 0.4) is 0 Å². The molecule has 0 aromatic carbocycles. The fraction of sp³-hybridized carbons (Fsp3) is 0.700. The van der Waals surface area contributed by atoms with Gasteiger partial charge in [-0.15, -0.1) is 0 Å². The number of hydrogen-bond acceptors (Lipinski definition) is 3. The van der Waals surface area contributed by atoms with Gasteiger partial charge in [0.15, 0.2) is 0 Å². The predicted octanol–water partition coefficient (Wildman–Crippen LogP) is 1.66. The Hall–Kier alpha value is -0.390. The van der Waals surface area contributed by atoms with Gasteiger partial charge in [-0.1, -0.05) is 0 Å². The fourth-order valence-corrected chi connectivity index (χ4v) is 2.36. The molecule has 1 N–H and O–H groups in total. The van der Waals surface area contributed by atoms with Gasteiger partial charge in [-0.3, -0.25) is 4.68 Å². The molecule has 0 amide bonds. The number of aliphatic hydroxyl groups is 1. The van der Waals surface area contributed by atoms with E-state index in [1.54, 1.807) is 7.11 Å². The highest BCUT2D eigenvalue weighted by Crippen LogP contribution is 2.43. The first kappa shape index (κ1) is 11.1. The lowest BCUT2D eigenvalue weighted by Crippen LogP contribution is -2.09. The summed E-state index contributed by atoms with van der Waals surface area (Å²) >= 11 is 3.51. The molecule has 15 heavy (non-hydrogen) atoms. The summed E-state index contributed by atoms with van der Waals surface area (Å²) in [4.78, 5) is 0. The standard InChI is InChI=1S/C10H15BrN2O2/c1-15-5-4-13-8(6-14)9(11)10(12-13)7-2-3-7/h7,14H,2-6H2,1H3. The van der Waals surface area contributed by atoms with Crippen molar-refractivity contribution in [2.45, 2.75) is 31.9 Å². The van der Waals surface area contributed by atoms with Crippen LogP contribution in [0.15, 0.2) is 4.47 Å². The molecule has 0 radical (unpaired) electrons. The smallest absolute Gasteiger partial charge is 0.0861 e. The van der Waals surface area contributed by atoms with Gasteiger partial charge in [-0.05, 0) is 28.8 Å². The minimum atomic E-state index is 0.0179.